The number of carbonyl (C=O) groups is 2. The van der Waals surface area contributed by atoms with E-state index in [-0.39, 0.29) is 16.8 Å². The lowest BCUT2D eigenvalue weighted by molar-refractivity contribution is -0.160. The Bertz CT molecular complexity index is 751. The molecule has 0 N–H and O–H groups in total. The molecule has 0 heterocycles. The van der Waals surface area contributed by atoms with Gasteiger partial charge >= 0.3 is 5.97 Å². The van der Waals surface area contributed by atoms with E-state index in [0.29, 0.717) is 70.9 Å². The van der Waals surface area contributed by atoms with Crippen LogP contribution in [0, 0.1) is 75.9 Å². The van der Waals surface area contributed by atoms with Gasteiger partial charge in [-0.25, -0.2) is 0 Å². The van der Waals surface area contributed by atoms with E-state index in [1.54, 1.807) is 7.11 Å². The van der Waals surface area contributed by atoms with Crippen molar-refractivity contribution in [3.05, 3.63) is 0 Å². The van der Waals surface area contributed by atoms with Crippen molar-refractivity contribution < 1.29 is 14.3 Å². The van der Waals surface area contributed by atoms with Crippen molar-refractivity contribution in [2.45, 2.75) is 46.0 Å². The van der Waals surface area contributed by atoms with E-state index >= 15 is 0 Å². The Labute approximate surface area is 155 Å². The molecule has 7 aliphatic rings. The molecule has 0 unspecified atom stereocenters. The lowest BCUT2D eigenvalue weighted by atomic mass is 9.64. The fourth-order valence-electron chi connectivity index (χ4n) is 11.7. The fraction of sp³-hybridized carbons (Fsp3) is 0.913. The first-order valence-electron chi connectivity index (χ1n) is 11.1. The molecular weight excluding hydrogens is 324 g/mol. The number of methoxy groups -OCH3 is 1. The van der Waals surface area contributed by atoms with E-state index in [9.17, 15) is 9.59 Å². The molecule has 0 amide bonds. The number of rotatable bonds is 1. The fourth-order valence-corrected chi connectivity index (χ4v) is 11.7. The Morgan fingerprint density at radius 2 is 1.54 bits per heavy atom. The lowest BCUT2D eigenvalue weighted by Gasteiger charge is -2.39. The van der Waals surface area contributed by atoms with E-state index in [1.807, 2.05) is 0 Å². The maximum absolute atomic E-state index is 13.7. The van der Waals surface area contributed by atoms with Crippen LogP contribution in [0.15, 0.2) is 0 Å². The van der Waals surface area contributed by atoms with Crippen LogP contribution >= 0.6 is 0 Å². The molecule has 0 bridgehead atoms. The second-order valence-corrected chi connectivity index (χ2v) is 11.4. The summed E-state index contributed by atoms with van der Waals surface area (Å²) in [4.78, 5) is 26.9. The number of Topliss-reactive ketones (excluding diaryl/α,β-unsaturated/α-hetero) is 1. The van der Waals surface area contributed by atoms with Gasteiger partial charge in [-0.3, -0.25) is 9.59 Å². The Morgan fingerprint density at radius 1 is 0.885 bits per heavy atom. The van der Waals surface area contributed by atoms with Crippen molar-refractivity contribution in [2.24, 2.45) is 75.9 Å². The zero-order valence-electron chi connectivity index (χ0n) is 16.1. The van der Waals surface area contributed by atoms with Crippen LogP contribution in [0.1, 0.15) is 46.0 Å². The summed E-state index contributed by atoms with van der Waals surface area (Å²) in [6.07, 6.45) is 6.15. The predicted octanol–water partition coefficient (Wildman–Crippen LogP) is 3.57. The van der Waals surface area contributed by atoms with E-state index in [4.69, 9.17) is 4.74 Å². The second kappa shape index (κ2) is 4.10. The van der Waals surface area contributed by atoms with Gasteiger partial charge in [0.15, 0.2) is 0 Å². The zero-order valence-corrected chi connectivity index (χ0v) is 16.1. The molecule has 3 nitrogen and oxygen atoms in total. The first-order valence-corrected chi connectivity index (χ1v) is 11.1. The average molecular weight is 354 g/mol. The molecule has 7 rings (SSSR count). The molecule has 0 aromatic carbocycles. The molecule has 0 aromatic heterocycles. The highest BCUT2D eigenvalue weighted by atomic mass is 16.5. The summed E-state index contributed by atoms with van der Waals surface area (Å²) in [7, 11) is 1.60. The number of fused-ring (bicyclic) bond motifs is 5. The molecule has 7 aliphatic carbocycles. The van der Waals surface area contributed by atoms with Crippen LogP contribution in [0.2, 0.25) is 0 Å². The van der Waals surface area contributed by atoms with E-state index in [1.165, 1.54) is 25.7 Å². The topological polar surface area (TPSA) is 43.4 Å². The number of ketones is 1. The Kier molecular flexibility index (Phi) is 2.38. The molecule has 0 aliphatic heterocycles. The summed E-state index contributed by atoms with van der Waals surface area (Å²) in [5, 5.41) is 0. The molecule has 0 aromatic rings. The number of carbonyl (C=O) groups excluding carboxylic acids is 2. The van der Waals surface area contributed by atoms with Gasteiger partial charge in [-0.2, -0.15) is 0 Å². The van der Waals surface area contributed by atoms with Gasteiger partial charge in [0.05, 0.1) is 12.5 Å². The van der Waals surface area contributed by atoms with Crippen LogP contribution in [0.25, 0.3) is 0 Å². The summed E-state index contributed by atoms with van der Waals surface area (Å²) in [6.45, 7) is 4.67. The first kappa shape index (κ1) is 15.1. The molecule has 0 spiro atoms. The highest BCUT2D eigenvalue weighted by Gasteiger charge is 2.87. The van der Waals surface area contributed by atoms with E-state index in [2.05, 4.69) is 13.8 Å². The third-order valence-electron chi connectivity index (χ3n) is 11.6. The number of hydrogen-bond acceptors (Lipinski definition) is 3. The molecule has 140 valence electrons. The summed E-state index contributed by atoms with van der Waals surface area (Å²) in [5.74, 6) is 7.02. The van der Waals surface area contributed by atoms with Crippen molar-refractivity contribution in [3.8, 4) is 0 Å². The normalized spacial score (nSPS) is 68.0. The zero-order chi connectivity index (χ0) is 17.7. The van der Waals surface area contributed by atoms with Gasteiger partial charge in [0.1, 0.15) is 5.78 Å². The van der Waals surface area contributed by atoms with Crippen molar-refractivity contribution in [1.29, 1.82) is 0 Å². The van der Waals surface area contributed by atoms with Crippen LogP contribution in [0.5, 0.6) is 0 Å². The smallest absolute Gasteiger partial charge is 0.312 e. The third kappa shape index (κ3) is 1.13. The molecule has 13 atom stereocenters. The van der Waals surface area contributed by atoms with E-state index < -0.39 is 0 Å². The van der Waals surface area contributed by atoms with Crippen LogP contribution in [0.4, 0.5) is 0 Å². The van der Waals surface area contributed by atoms with E-state index in [0.717, 1.165) is 6.42 Å². The first-order chi connectivity index (χ1) is 12.5. The van der Waals surface area contributed by atoms with Gasteiger partial charge in [0.2, 0.25) is 0 Å². The van der Waals surface area contributed by atoms with Gasteiger partial charge in [-0.15, -0.1) is 0 Å². The molecule has 7 fully saturated rings. The highest BCUT2D eigenvalue weighted by Crippen LogP contribution is 2.87. The minimum Gasteiger partial charge on any atom is -0.469 e. The van der Waals surface area contributed by atoms with Gasteiger partial charge in [0.25, 0.3) is 0 Å². The van der Waals surface area contributed by atoms with Gasteiger partial charge < -0.3 is 4.74 Å². The molecule has 3 heteroatoms. The van der Waals surface area contributed by atoms with Crippen LogP contribution in [-0.2, 0) is 14.3 Å². The lowest BCUT2D eigenvalue weighted by Crippen LogP contribution is -2.44. The van der Waals surface area contributed by atoms with Crippen LogP contribution in [0.3, 0.4) is 0 Å². The highest BCUT2D eigenvalue weighted by molar-refractivity contribution is 5.92. The van der Waals surface area contributed by atoms with Gasteiger partial charge in [-0.05, 0) is 91.8 Å². The van der Waals surface area contributed by atoms with Crippen molar-refractivity contribution in [2.75, 3.05) is 7.11 Å². The molecule has 7 saturated carbocycles. The molecule has 26 heavy (non-hydrogen) atoms. The molecule has 0 saturated heterocycles. The predicted molar refractivity (Wildman–Crippen MR) is 94.7 cm³/mol. The molecule has 0 radical (unpaired) electrons. The van der Waals surface area contributed by atoms with Gasteiger partial charge in [-0.1, -0.05) is 13.3 Å². The standard InChI is InChI=1S/C23H30O3/c1-22-16-9-5-4-6-10(9)17-14(16)15-18(23(17,2)21(25)26-3)11-7-8-12(20(22)24)13(11)19(15)22/h9-19H,4-8H2,1-3H3/t9-,10+,11-,12-,13-,14-,15-,16+,17+,18-,19-,22-,23+/m0/s1. The van der Waals surface area contributed by atoms with Crippen LogP contribution < -0.4 is 0 Å². The maximum atomic E-state index is 13.7. The Balaban J connectivity index is 1.51. The summed E-state index contributed by atoms with van der Waals surface area (Å²) in [5.41, 5.74) is -0.349. The molecular formula is C23H30O3. The van der Waals surface area contributed by atoms with Crippen molar-refractivity contribution in [1.82, 2.24) is 0 Å². The summed E-state index contributed by atoms with van der Waals surface area (Å²) in [6, 6.07) is 0. The number of hydrogen-bond donors (Lipinski definition) is 0. The Morgan fingerprint density at radius 3 is 2.27 bits per heavy atom. The van der Waals surface area contributed by atoms with Crippen LogP contribution in [-0.4, -0.2) is 18.9 Å². The second-order valence-electron chi connectivity index (χ2n) is 11.4. The minimum atomic E-state index is -0.291. The largest absolute Gasteiger partial charge is 0.469 e. The summed E-state index contributed by atoms with van der Waals surface area (Å²) < 4.78 is 5.48. The monoisotopic (exact) mass is 354 g/mol. The average Bonchev–Trinajstić information content (AvgIpc) is 3.38. The summed E-state index contributed by atoms with van der Waals surface area (Å²) >= 11 is 0. The maximum Gasteiger partial charge on any atom is 0.312 e. The van der Waals surface area contributed by atoms with Crippen molar-refractivity contribution in [3.63, 3.8) is 0 Å². The van der Waals surface area contributed by atoms with Crippen molar-refractivity contribution >= 4 is 11.8 Å². The van der Waals surface area contributed by atoms with Gasteiger partial charge in [0, 0.05) is 11.3 Å². The number of ether oxygens (including phenoxy) is 1. The third-order valence-corrected chi connectivity index (χ3v) is 11.6. The minimum absolute atomic E-state index is 0.0580. The quantitative estimate of drug-likeness (QED) is 0.676. The number of esters is 1. The Hall–Kier alpha value is -0.860. The SMILES string of the molecule is COC(=O)[C@]1(C)[C@@H]2[C@@H]3CCC[C@@H]3[C@@H]3[C@@H]2[C@@H]2[C@@H]4[C@H]5[C@H](CC[C@@H]5C(=O)[C@]43C)[C@@H]21.